The number of pyridine rings is 2. The van der Waals surface area contributed by atoms with Crippen molar-refractivity contribution in [2.75, 3.05) is 13.1 Å². The molecule has 1 saturated carbocycles. The van der Waals surface area contributed by atoms with Gasteiger partial charge in [-0.1, -0.05) is 18.2 Å². The Morgan fingerprint density at radius 1 is 0.978 bits per heavy atom. The third kappa shape index (κ3) is 4.70. The van der Waals surface area contributed by atoms with Gasteiger partial charge >= 0.3 is 0 Å². The van der Waals surface area contributed by atoms with Gasteiger partial charge in [-0.15, -0.1) is 0 Å². The van der Waals surface area contributed by atoms with Crippen LogP contribution in [0, 0.1) is 30.1 Å². The lowest BCUT2D eigenvalue weighted by Crippen LogP contribution is -2.46. The monoisotopic (exact) mass is 616 g/mol. The third-order valence-electron chi connectivity index (χ3n) is 8.92. The molecule has 2 aromatic carbocycles. The first-order chi connectivity index (χ1) is 21.7. The van der Waals surface area contributed by atoms with Crippen molar-refractivity contribution in [1.82, 2.24) is 24.5 Å². The summed E-state index contributed by atoms with van der Waals surface area (Å²) >= 11 is 0. The van der Waals surface area contributed by atoms with Gasteiger partial charge in [-0.2, -0.15) is 9.57 Å². The molecule has 2 aliphatic heterocycles. The van der Waals surface area contributed by atoms with E-state index in [0.29, 0.717) is 28.1 Å². The number of nitrogens with one attached hydrogen (secondary N) is 1. The number of fused-ring (bicyclic) bond motifs is 1. The van der Waals surface area contributed by atoms with E-state index in [0.717, 1.165) is 5.69 Å². The minimum atomic E-state index is -3.68. The Morgan fingerprint density at radius 3 is 2.29 bits per heavy atom. The number of aryl methyl sites for hydroxylation is 1. The Balaban J connectivity index is 1.29. The predicted molar refractivity (Wildman–Crippen MR) is 164 cm³/mol. The van der Waals surface area contributed by atoms with Crippen molar-refractivity contribution in [2.24, 2.45) is 11.8 Å². The van der Waals surface area contributed by atoms with E-state index in [1.54, 1.807) is 96.3 Å². The molecule has 0 spiro atoms. The molecule has 0 radical (unpaired) electrons. The summed E-state index contributed by atoms with van der Waals surface area (Å²) in [7, 11) is -3.68. The van der Waals surface area contributed by atoms with Crippen LogP contribution in [0.15, 0.2) is 114 Å². The molecule has 2 unspecified atom stereocenters. The molecule has 3 fully saturated rings. The highest BCUT2D eigenvalue weighted by Crippen LogP contribution is 2.54. The maximum Gasteiger partial charge on any atom is 0.263 e. The highest BCUT2D eigenvalue weighted by atomic mass is 32.2. The molecular weight excluding hydrogens is 588 g/mol. The summed E-state index contributed by atoms with van der Waals surface area (Å²) < 4.78 is 28.2. The molecule has 10 nitrogen and oxygen atoms in total. The van der Waals surface area contributed by atoms with Crippen molar-refractivity contribution >= 4 is 21.7 Å². The first-order valence-electron chi connectivity index (χ1n) is 14.5. The fourth-order valence-corrected chi connectivity index (χ4v) is 8.17. The number of rotatable bonds is 7. The zero-order valence-electron chi connectivity index (χ0n) is 24.2. The van der Waals surface area contributed by atoms with Gasteiger partial charge in [-0.25, -0.2) is 8.42 Å². The average molecular weight is 617 g/mol. The summed E-state index contributed by atoms with van der Waals surface area (Å²) in [6.45, 7) is 2.38. The zero-order chi connectivity index (χ0) is 31.3. The maximum absolute atomic E-state index is 14.9. The SMILES string of the molecule is Cc1cc(C2(c3ccncc3)NC(=CC(=O)c3ccc(C#N)cc3)N(C3[C@H]4CN(S(=O)(=O)c5ccccc5)C[C@@H]34)C2=O)ccn1. The molecule has 2 aromatic heterocycles. The van der Waals surface area contributed by atoms with Gasteiger partial charge in [0.15, 0.2) is 11.3 Å². The van der Waals surface area contributed by atoms with Crippen molar-refractivity contribution in [2.45, 2.75) is 23.4 Å². The van der Waals surface area contributed by atoms with Crippen molar-refractivity contribution in [1.29, 1.82) is 5.26 Å². The van der Waals surface area contributed by atoms with Crippen LogP contribution in [0.1, 0.15) is 32.7 Å². The molecule has 1 aliphatic carbocycles. The molecule has 1 amide bonds. The number of piperidine rings is 1. The Hall–Kier alpha value is -5.18. The van der Waals surface area contributed by atoms with Crippen molar-refractivity contribution in [3.05, 3.63) is 137 Å². The quantitative estimate of drug-likeness (QED) is 0.247. The van der Waals surface area contributed by atoms with Crippen molar-refractivity contribution in [3.63, 3.8) is 0 Å². The van der Waals surface area contributed by atoms with Gasteiger partial charge < -0.3 is 5.32 Å². The molecule has 1 N–H and O–H groups in total. The Labute approximate surface area is 260 Å². The lowest BCUT2D eigenvalue weighted by molar-refractivity contribution is -0.131. The van der Waals surface area contributed by atoms with E-state index in [9.17, 15) is 23.3 Å². The molecule has 4 atom stereocenters. The largest absolute Gasteiger partial charge is 0.350 e. The van der Waals surface area contributed by atoms with E-state index >= 15 is 0 Å². The summed E-state index contributed by atoms with van der Waals surface area (Å²) in [6, 6.07) is 23.6. The number of allylic oxidation sites excluding steroid dienone is 1. The average Bonchev–Trinajstić information content (AvgIpc) is 3.38. The molecule has 4 heterocycles. The molecule has 0 bridgehead atoms. The van der Waals surface area contributed by atoms with Crippen LogP contribution in [-0.4, -0.2) is 58.4 Å². The number of benzene rings is 2. The van der Waals surface area contributed by atoms with Gasteiger partial charge in [0, 0.05) is 66.9 Å². The maximum atomic E-state index is 14.9. The van der Waals surface area contributed by atoms with Gasteiger partial charge in [0.25, 0.3) is 5.91 Å². The van der Waals surface area contributed by atoms with Crippen LogP contribution in [-0.2, 0) is 20.4 Å². The number of carbonyl (C=O) groups excluding carboxylic acids is 2. The molecule has 4 aromatic rings. The van der Waals surface area contributed by atoms with Crippen LogP contribution in [0.25, 0.3) is 0 Å². The fraction of sp³-hybridized carbons (Fsp3) is 0.206. The number of nitriles is 1. The second kappa shape index (κ2) is 10.8. The lowest BCUT2D eigenvalue weighted by Gasteiger charge is -2.29. The van der Waals surface area contributed by atoms with E-state index in [2.05, 4.69) is 21.4 Å². The second-order valence-corrected chi connectivity index (χ2v) is 13.4. The second-order valence-electron chi connectivity index (χ2n) is 11.5. The van der Waals surface area contributed by atoms with Crippen LogP contribution < -0.4 is 5.32 Å². The van der Waals surface area contributed by atoms with Crippen molar-refractivity contribution in [3.8, 4) is 6.07 Å². The van der Waals surface area contributed by atoms with Crippen LogP contribution in [0.2, 0.25) is 0 Å². The number of carbonyl (C=O) groups is 2. The number of sulfonamides is 1. The third-order valence-corrected chi connectivity index (χ3v) is 10.8. The van der Waals surface area contributed by atoms with E-state index in [1.165, 1.54) is 10.4 Å². The molecule has 7 rings (SSSR count). The van der Waals surface area contributed by atoms with Crippen LogP contribution in [0.3, 0.4) is 0 Å². The standard InChI is InChI=1S/C34H28N6O4S/c1-22-17-26(13-16-37-22)34(25-11-14-36-15-12-25)33(42)40(31(38-34)18-30(41)24-9-7-23(19-35)8-10-24)32-28-20-39(21-29(28)32)45(43,44)27-5-3-2-4-6-27/h2-18,28-29,32,38H,20-21H2,1H3/t28-,29+,32?,34?. The Morgan fingerprint density at radius 2 is 1.64 bits per heavy atom. The molecule has 224 valence electrons. The normalized spacial score (nSPS) is 25.1. The first-order valence-corrected chi connectivity index (χ1v) is 15.9. The predicted octanol–water partition coefficient (Wildman–Crippen LogP) is 3.38. The number of ketones is 1. The number of amides is 1. The van der Waals surface area contributed by atoms with E-state index in [-0.39, 0.29) is 47.6 Å². The molecule has 2 saturated heterocycles. The van der Waals surface area contributed by atoms with Gasteiger partial charge in [-0.05, 0) is 78.7 Å². The van der Waals surface area contributed by atoms with Crippen LogP contribution in [0.4, 0.5) is 0 Å². The first kappa shape index (κ1) is 28.6. The molecular formula is C34H28N6O4S. The minimum absolute atomic E-state index is 0.102. The smallest absolute Gasteiger partial charge is 0.263 e. The van der Waals surface area contributed by atoms with Gasteiger partial charge in [0.1, 0.15) is 5.82 Å². The topological polar surface area (TPSA) is 136 Å². The van der Waals surface area contributed by atoms with Gasteiger partial charge in [0.2, 0.25) is 10.0 Å². The van der Waals surface area contributed by atoms with Crippen LogP contribution >= 0.6 is 0 Å². The zero-order valence-corrected chi connectivity index (χ0v) is 25.1. The highest BCUT2D eigenvalue weighted by molar-refractivity contribution is 7.89. The number of aromatic nitrogens is 2. The van der Waals surface area contributed by atoms with E-state index in [1.807, 2.05) is 13.0 Å². The van der Waals surface area contributed by atoms with E-state index in [4.69, 9.17) is 0 Å². The Bertz CT molecular complexity index is 1980. The van der Waals surface area contributed by atoms with Gasteiger partial charge in [0.05, 0.1) is 16.5 Å². The number of hydrogen-bond acceptors (Lipinski definition) is 8. The Kier molecular flexibility index (Phi) is 6.84. The van der Waals surface area contributed by atoms with Crippen molar-refractivity contribution < 1.29 is 18.0 Å². The van der Waals surface area contributed by atoms with Gasteiger partial charge in [-0.3, -0.25) is 24.5 Å². The van der Waals surface area contributed by atoms with E-state index < -0.39 is 15.6 Å². The summed E-state index contributed by atoms with van der Waals surface area (Å²) in [5.41, 5.74) is 1.45. The lowest BCUT2D eigenvalue weighted by atomic mass is 9.83. The highest BCUT2D eigenvalue weighted by Gasteiger charge is 2.66. The summed E-state index contributed by atoms with van der Waals surface area (Å²) in [6.07, 6.45) is 6.30. The summed E-state index contributed by atoms with van der Waals surface area (Å²) in [5.74, 6) is -0.479. The fourth-order valence-electron chi connectivity index (χ4n) is 6.63. The minimum Gasteiger partial charge on any atom is -0.350 e. The van der Waals surface area contributed by atoms with Crippen LogP contribution in [0.5, 0.6) is 0 Å². The molecule has 45 heavy (non-hydrogen) atoms. The number of hydrogen-bond donors (Lipinski definition) is 1. The number of nitrogens with zero attached hydrogens (tertiary/aromatic N) is 5. The summed E-state index contributed by atoms with van der Waals surface area (Å²) in [4.78, 5) is 38.8. The summed E-state index contributed by atoms with van der Waals surface area (Å²) in [5, 5.41) is 12.6. The molecule has 11 heteroatoms. The molecule has 3 aliphatic rings.